The van der Waals surface area contributed by atoms with E-state index in [1.807, 2.05) is 6.07 Å². The van der Waals surface area contributed by atoms with Gasteiger partial charge in [-0.2, -0.15) is 0 Å². The van der Waals surface area contributed by atoms with E-state index >= 15 is 0 Å². The van der Waals surface area contributed by atoms with Crippen molar-refractivity contribution >= 4 is 27.6 Å². The summed E-state index contributed by atoms with van der Waals surface area (Å²) in [6.45, 7) is 0. The SMILES string of the molecule is O=C(O)c1cc(Br)cc(NC2CC(O)C2)c1. The van der Waals surface area contributed by atoms with E-state index in [1.54, 1.807) is 12.1 Å². The fourth-order valence-corrected chi connectivity index (χ4v) is 2.23. The Morgan fingerprint density at radius 3 is 2.62 bits per heavy atom. The minimum atomic E-state index is -0.946. The third-order valence-electron chi connectivity index (χ3n) is 2.63. The molecule has 0 saturated heterocycles. The topological polar surface area (TPSA) is 69.6 Å². The Hall–Kier alpha value is -1.07. The molecular weight excluding hydrogens is 274 g/mol. The molecule has 5 heteroatoms. The highest BCUT2D eigenvalue weighted by atomic mass is 79.9. The predicted octanol–water partition coefficient (Wildman–Crippen LogP) is 2.08. The number of carbonyl (C=O) groups is 1. The number of anilines is 1. The van der Waals surface area contributed by atoms with Crippen LogP contribution >= 0.6 is 15.9 Å². The fourth-order valence-electron chi connectivity index (χ4n) is 1.74. The van der Waals surface area contributed by atoms with Crippen molar-refractivity contribution in [2.45, 2.75) is 25.0 Å². The second kappa shape index (κ2) is 4.43. The molecule has 1 saturated carbocycles. The van der Waals surface area contributed by atoms with Crippen molar-refractivity contribution in [1.82, 2.24) is 0 Å². The lowest BCUT2D eigenvalue weighted by molar-refractivity contribution is 0.0696. The van der Waals surface area contributed by atoms with Gasteiger partial charge in [0.05, 0.1) is 11.7 Å². The van der Waals surface area contributed by atoms with Gasteiger partial charge >= 0.3 is 5.97 Å². The number of rotatable bonds is 3. The summed E-state index contributed by atoms with van der Waals surface area (Å²) >= 11 is 3.27. The van der Waals surface area contributed by atoms with Gasteiger partial charge in [0.2, 0.25) is 0 Å². The maximum Gasteiger partial charge on any atom is 0.335 e. The molecule has 0 bridgehead atoms. The Balaban J connectivity index is 2.11. The molecule has 4 nitrogen and oxygen atoms in total. The average Bonchev–Trinajstić information content (AvgIpc) is 2.14. The lowest BCUT2D eigenvalue weighted by Gasteiger charge is -2.32. The molecule has 0 aromatic heterocycles. The Bertz CT molecular complexity index is 416. The summed E-state index contributed by atoms with van der Waals surface area (Å²) in [5.74, 6) is -0.946. The van der Waals surface area contributed by atoms with Crippen LogP contribution in [0.25, 0.3) is 0 Å². The smallest absolute Gasteiger partial charge is 0.335 e. The van der Waals surface area contributed by atoms with E-state index in [1.165, 1.54) is 0 Å². The average molecular weight is 286 g/mol. The lowest BCUT2D eigenvalue weighted by atomic mass is 9.89. The second-order valence-corrected chi connectivity index (χ2v) is 4.92. The molecule has 2 rings (SSSR count). The largest absolute Gasteiger partial charge is 0.478 e. The number of hydrogen-bond donors (Lipinski definition) is 3. The van der Waals surface area contributed by atoms with Crippen molar-refractivity contribution in [3.63, 3.8) is 0 Å². The molecule has 0 aliphatic heterocycles. The molecule has 86 valence electrons. The molecule has 0 spiro atoms. The molecule has 0 heterocycles. The first kappa shape index (κ1) is 11.4. The van der Waals surface area contributed by atoms with Crippen molar-refractivity contribution in [1.29, 1.82) is 0 Å². The van der Waals surface area contributed by atoms with Crippen LogP contribution in [0, 0.1) is 0 Å². The van der Waals surface area contributed by atoms with Crippen molar-refractivity contribution in [3.8, 4) is 0 Å². The van der Waals surface area contributed by atoms with Crippen LogP contribution in [0.3, 0.4) is 0 Å². The third kappa shape index (κ3) is 2.54. The molecule has 1 aromatic rings. The maximum absolute atomic E-state index is 10.8. The maximum atomic E-state index is 10.8. The third-order valence-corrected chi connectivity index (χ3v) is 3.09. The zero-order valence-electron chi connectivity index (χ0n) is 8.48. The highest BCUT2D eigenvalue weighted by Gasteiger charge is 2.26. The van der Waals surface area contributed by atoms with Crippen LogP contribution in [0.2, 0.25) is 0 Å². The summed E-state index contributed by atoms with van der Waals surface area (Å²) in [7, 11) is 0. The van der Waals surface area contributed by atoms with Crippen molar-refractivity contribution in [3.05, 3.63) is 28.2 Å². The van der Waals surface area contributed by atoms with E-state index in [-0.39, 0.29) is 17.7 Å². The van der Waals surface area contributed by atoms with E-state index in [0.717, 1.165) is 23.0 Å². The van der Waals surface area contributed by atoms with Gasteiger partial charge in [-0.25, -0.2) is 4.79 Å². The summed E-state index contributed by atoms with van der Waals surface area (Å²) in [5, 5.41) is 21.2. The molecule has 0 amide bonds. The van der Waals surface area contributed by atoms with Gasteiger partial charge in [-0.15, -0.1) is 0 Å². The number of hydrogen-bond acceptors (Lipinski definition) is 3. The zero-order valence-corrected chi connectivity index (χ0v) is 10.1. The summed E-state index contributed by atoms with van der Waals surface area (Å²) in [5.41, 5.74) is 1.01. The predicted molar refractivity (Wildman–Crippen MR) is 63.8 cm³/mol. The van der Waals surface area contributed by atoms with Crippen LogP contribution in [0.15, 0.2) is 22.7 Å². The molecular formula is C11H12BrNO3. The summed E-state index contributed by atoms with van der Waals surface area (Å²) < 4.78 is 0.731. The van der Waals surface area contributed by atoms with Gasteiger partial charge in [0.25, 0.3) is 0 Å². The van der Waals surface area contributed by atoms with Crippen molar-refractivity contribution in [2.75, 3.05) is 5.32 Å². The highest BCUT2D eigenvalue weighted by Crippen LogP contribution is 2.26. The molecule has 1 aliphatic rings. The first-order valence-electron chi connectivity index (χ1n) is 5.03. The van der Waals surface area contributed by atoms with E-state index in [9.17, 15) is 4.79 Å². The molecule has 0 radical (unpaired) electrons. The van der Waals surface area contributed by atoms with E-state index < -0.39 is 5.97 Å². The molecule has 0 atom stereocenters. The molecule has 1 aliphatic carbocycles. The Labute approximate surface area is 101 Å². The Morgan fingerprint density at radius 2 is 2.06 bits per heavy atom. The number of halogens is 1. The van der Waals surface area contributed by atoms with Crippen LogP contribution in [-0.4, -0.2) is 28.3 Å². The summed E-state index contributed by atoms with van der Waals surface area (Å²) in [4.78, 5) is 10.8. The summed E-state index contributed by atoms with van der Waals surface area (Å²) in [6.07, 6.45) is 1.22. The van der Waals surface area contributed by atoms with E-state index in [2.05, 4.69) is 21.2 Å². The van der Waals surface area contributed by atoms with Gasteiger partial charge in [-0.05, 0) is 31.0 Å². The number of aromatic carboxylic acids is 1. The number of aliphatic hydroxyl groups is 1. The van der Waals surface area contributed by atoms with E-state index in [0.29, 0.717) is 0 Å². The van der Waals surface area contributed by atoms with Gasteiger partial charge in [0.15, 0.2) is 0 Å². The second-order valence-electron chi connectivity index (χ2n) is 4.00. The number of nitrogens with one attached hydrogen (secondary N) is 1. The minimum Gasteiger partial charge on any atom is -0.478 e. The van der Waals surface area contributed by atoms with Crippen molar-refractivity contribution < 1.29 is 15.0 Å². The number of benzene rings is 1. The van der Waals surface area contributed by atoms with Crippen LogP contribution < -0.4 is 5.32 Å². The van der Waals surface area contributed by atoms with Gasteiger partial charge < -0.3 is 15.5 Å². The quantitative estimate of drug-likeness (QED) is 0.795. The Morgan fingerprint density at radius 1 is 1.38 bits per heavy atom. The molecule has 3 N–H and O–H groups in total. The fraction of sp³-hybridized carbons (Fsp3) is 0.364. The minimum absolute atomic E-state index is 0.219. The molecule has 1 aromatic carbocycles. The lowest BCUT2D eigenvalue weighted by Crippen LogP contribution is -2.38. The molecule has 1 fully saturated rings. The zero-order chi connectivity index (χ0) is 11.7. The molecule has 16 heavy (non-hydrogen) atoms. The number of carboxylic acids is 1. The van der Waals surface area contributed by atoms with Crippen LogP contribution in [0.1, 0.15) is 23.2 Å². The van der Waals surface area contributed by atoms with Gasteiger partial charge in [-0.1, -0.05) is 15.9 Å². The normalized spacial score (nSPS) is 23.6. The monoisotopic (exact) mass is 285 g/mol. The molecule has 0 unspecified atom stereocenters. The van der Waals surface area contributed by atoms with Gasteiger partial charge in [0, 0.05) is 16.2 Å². The summed E-state index contributed by atoms with van der Waals surface area (Å²) in [6, 6.07) is 5.23. The number of aliphatic hydroxyl groups excluding tert-OH is 1. The van der Waals surface area contributed by atoms with Gasteiger partial charge in [-0.3, -0.25) is 0 Å². The van der Waals surface area contributed by atoms with Crippen LogP contribution in [-0.2, 0) is 0 Å². The van der Waals surface area contributed by atoms with Crippen molar-refractivity contribution in [2.24, 2.45) is 0 Å². The van der Waals surface area contributed by atoms with Crippen LogP contribution in [0.4, 0.5) is 5.69 Å². The first-order chi connectivity index (χ1) is 7.54. The first-order valence-corrected chi connectivity index (χ1v) is 5.82. The van der Waals surface area contributed by atoms with Crippen LogP contribution in [0.5, 0.6) is 0 Å². The standard InChI is InChI=1S/C11H12BrNO3/c12-7-1-6(11(15)16)2-8(3-7)13-9-4-10(14)5-9/h1-3,9-10,13-14H,4-5H2,(H,15,16). The number of carboxylic acid groups (broad SMARTS) is 1. The Kier molecular flexibility index (Phi) is 3.16. The highest BCUT2D eigenvalue weighted by molar-refractivity contribution is 9.10. The van der Waals surface area contributed by atoms with Gasteiger partial charge in [0.1, 0.15) is 0 Å². The van der Waals surface area contributed by atoms with E-state index in [4.69, 9.17) is 10.2 Å².